The Labute approximate surface area is 110 Å². The van der Waals surface area contributed by atoms with Gasteiger partial charge >= 0.3 is 0 Å². The molecule has 3 heteroatoms. The van der Waals surface area contributed by atoms with Gasteiger partial charge in [0, 0.05) is 12.0 Å². The van der Waals surface area contributed by atoms with Gasteiger partial charge in [-0.15, -0.1) is 0 Å². The van der Waals surface area contributed by atoms with Crippen LogP contribution in [0.1, 0.15) is 59.3 Å². The van der Waals surface area contributed by atoms with Gasteiger partial charge in [0.1, 0.15) is 0 Å². The predicted molar refractivity (Wildman–Crippen MR) is 72.1 cm³/mol. The fourth-order valence-electron chi connectivity index (χ4n) is 3.25. The van der Waals surface area contributed by atoms with Crippen LogP contribution in [-0.2, 0) is 4.79 Å². The Balaban J connectivity index is 1.74. The Kier molecular flexibility index (Phi) is 4.00. The van der Waals surface area contributed by atoms with E-state index in [4.69, 9.17) is 0 Å². The molecule has 0 atom stereocenters. The third-order valence-corrected chi connectivity index (χ3v) is 4.78. The van der Waals surface area contributed by atoms with E-state index < -0.39 is 0 Å². The molecule has 2 aliphatic carbocycles. The van der Waals surface area contributed by atoms with Crippen LogP contribution in [0.5, 0.6) is 0 Å². The number of aliphatic hydroxyl groups is 1. The maximum absolute atomic E-state index is 12.1. The lowest BCUT2D eigenvalue weighted by atomic mass is 9.69. The Morgan fingerprint density at radius 1 is 1.11 bits per heavy atom. The number of hydrogen-bond acceptors (Lipinski definition) is 2. The summed E-state index contributed by atoms with van der Waals surface area (Å²) in [4.78, 5) is 12.1. The number of amides is 1. The SMILES string of the molecule is CC(C)(C)C1CCC(C(=O)NC2CC(O)C2)CC1. The molecule has 2 saturated carbocycles. The minimum atomic E-state index is -0.188. The largest absolute Gasteiger partial charge is 0.393 e. The van der Waals surface area contributed by atoms with Crippen LogP contribution in [-0.4, -0.2) is 23.2 Å². The molecule has 2 rings (SSSR count). The molecule has 2 N–H and O–H groups in total. The molecule has 0 spiro atoms. The lowest BCUT2D eigenvalue weighted by molar-refractivity contribution is -0.128. The van der Waals surface area contributed by atoms with Crippen LogP contribution < -0.4 is 5.32 Å². The fraction of sp³-hybridized carbons (Fsp3) is 0.933. The van der Waals surface area contributed by atoms with E-state index in [1.807, 2.05) is 0 Å². The highest BCUT2D eigenvalue weighted by Gasteiger charge is 2.34. The number of nitrogens with one attached hydrogen (secondary N) is 1. The van der Waals surface area contributed by atoms with Crippen molar-refractivity contribution < 1.29 is 9.90 Å². The summed E-state index contributed by atoms with van der Waals surface area (Å²) in [6, 6.07) is 0.229. The van der Waals surface area contributed by atoms with E-state index in [1.165, 1.54) is 12.8 Å². The minimum Gasteiger partial charge on any atom is -0.393 e. The molecule has 2 aliphatic rings. The normalized spacial score (nSPS) is 36.9. The van der Waals surface area contributed by atoms with Crippen molar-refractivity contribution in [3.05, 3.63) is 0 Å². The third kappa shape index (κ3) is 3.25. The van der Waals surface area contributed by atoms with Crippen LogP contribution in [0, 0.1) is 17.3 Å². The molecule has 0 saturated heterocycles. The zero-order chi connectivity index (χ0) is 13.3. The first kappa shape index (κ1) is 13.9. The van der Waals surface area contributed by atoms with E-state index in [2.05, 4.69) is 26.1 Å². The molecule has 3 nitrogen and oxygen atoms in total. The van der Waals surface area contributed by atoms with E-state index in [-0.39, 0.29) is 24.0 Å². The van der Waals surface area contributed by atoms with Gasteiger partial charge < -0.3 is 10.4 Å². The number of carbonyl (C=O) groups is 1. The fourth-order valence-corrected chi connectivity index (χ4v) is 3.25. The Morgan fingerprint density at radius 3 is 2.11 bits per heavy atom. The van der Waals surface area contributed by atoms with Crippen LogP contribution in [0.3, 0.4) is 0 Å². The van der Waals surface area contributed by atoms with Crippen molar-refractivity contribution in [1.82, 2.24) is 5.32 Å². The maximum atomic E-state index is 12.1. The van der Waals surface area contributed by atoms with E-state index in [0.717, 1.165) is 31.6 Å². The molecule has 0 aliphatic heterocycles. The molecule has 2 fully saturated rings. The van der Waals surface area contributed by atoms with Gasteiger partial charge in [-0.3, -0.25) is 4.79 Å². The molecule has 104 valence electrons. The van der Waals surface area contributed by atoms with E-state index in [9.17, 15) is 9.90 Å². The highest BCUT2D eigenvalue weighted by atomic mass is 16.3. The summed E-state index contributed by atoms with van der Waals surface area (Å²) < 4.78 is 0. The van der Waals surface area contributed by atoms with Gasteiger partial charge in [-0.1, -0.05) is 20.8 Å². The van der Waals surface area contributed by atoms with Gasteiger partial charge in [0.05, 0.1) is 6.10 Å². The van der Waals surface area contributed by atoms with E-state index >= 15 is 0 Å². The van der Waals surface area contributed by atoms with Crippen molar-refractivity contribution in [3.63, 3.8) is 0 Å². The van der Waals surface area contributed by atoms with Crippen molar-refractivity contribution >= 4 is 5.91 Å². The Hall–Kier alpha value is -0.570. The average Bonchev–Trinajstić information content (AvgIpc) is 2.26. The summed E-state index contributed by atoms with van der Waals surface area (Å²) in [6.07, 6.45) is 5.70. The zero-order valence-corrected chi connectivity index (χ0v) is 11.9. The van der Waals surface area contributed by atoms with Crippen LogP contribution in [0.25, 0.3) is 0 Å². The molecule has 0 unspecified atom stereocenters. The van der Waals surface area contributed by atoms with Crippen molar-refractivity contribution in [1.29, 1.82) is 0 Å². The average molecular weight is 253 g/mol. The molecule has 18 heavy (non-hydrogen) atoms. The van der Waals surface area contributed by atoms with Crippen LogP contribution in [0.4, 0.5) is 0 Å². The lowest BCUT2D eigenvalue weighted by Gasteiger charge is -2.38. The van der Waals surface area contributed by atoms with Crippen LogP contribution >= 0.6 is 0 Å². The molecular formula is C15H27NO2. The smallest absolute Gasteiger partial charge is 0.223 e. The van der Waals surface area contributed by atoms with Gasteiger partial charge in [-0.2, -0.15) is 0 Å². The summed E-state index contributed by atoms with van der Waals surface area (Å²) in [5, 5.41) is 12.3. The van der Waals surface area contributed by atoms with Crippen molar-refractivity contribution in [2.45, 2.75) is 71.4 Å². The maximum Gasteiger partial charge on any atom is 0.223 e. The summed E-state index contributed by atoms with van der Waals surface area (Å²) in [5.41, 5.74) is 0.375. The lowest BCUT2D eigenvalue weighted by Crippen LogP contribution is -2.49. The molecule has 0 bridgehead atoms. The van der Waals surface area contributed by atoms with Gasteiger partial charge in [0.2, 0.25) is 5.91 Å². The molecule has 0 heterocycles. The number of aliphatic hydroxyl groups excluding tert-OH is 1. The third-order valence-electron chi connectivity index (χ3n) is 4.78. The Morgan fingerprint density at radius 2 is 1.67 bits per heavy atom. The van der Waals surface area contributed by atoms with E-state index in [0.29, 0.717) is 5.41 Å². The van der Waals surface area contributed by atoms with Crippen LogP contribution in [0.2, 0.25) is 0 Å². The van der Waals surface area contributed by atoms with Gasteiger partial charge in [-0.05, 0) is 49.9 Å². The summed E-state index contributed by atoms with van der Waals surface area (Å²) in [6.45, 7) is 6.90. The monoisotopic (exact) mass is 253 g/mol. The molecular weight excluding hydrogens is 226 g/mol. The standard InChI is InChI=1S/C15H27NO2/c1-15(2,3)11-6-4-10(5-7-11)14(18)16-12-8-13(17)9-12/h10-13,17H,4-9H2,1-3H3,(H,16,18). The Bertz CT molecular complexity index is 294. The van der Waals surface area contributed by atoms with Crippen LogP contribution in [0.15, 0.2) is 0 Å². The summed E-state index contributed by atoms with van der Waals surface area (Å²) in [5.74, 6) is 1.19. The highest BCUT2D eigenvalue weighted by Crippen LogP contribution is 2.39. The molecule has 0 radical (unpaired) electrons. The number of rotatable bonds is 2. The second-order valence-corrected chi connectivity index (χ2v) is 7.25. The highest BCUT2D eigenvalue weighted by molar-refractivity contribution is 5.79. The first-order valence-corrected chi connectivity index (χ1v) is 7.34. The molecule has 1 amide bonds. The molecule has 0 aromatic carbocycles. The quantitative estimate of drug-likeness (QED) is 0.794. The summed E-state index contributed by atoms with van der Waals surface area (Å²) in [7, 11) is 0. The first-order chi connectivity index (χ1) is 8.36. The summed E-state index contributed by atoms with van der Waals surface area (Å²) >= 11 is 0. The van der Waals surface area contributed by atoms with Gasteiger partial charge in [0.15, 0.2) is 0 Å². The van der Waals surface area contributed by atoms with Crippen molar-refractivity contribution in [2.24, 2.45) is 17.3 Å². The molecule has 0 aromatic heterocycles. The topological polar surface area (TPSA) is 49.3 Å². The van der Waals surface area contributed by atoms with Gasteiger partial charge in [-0.25, -0.2) is 0 Å². The number of hydrogen-bond donors (Lipinski definition) is 2. The van der Waals surface area contributed by atoms with Crippen molar-refractivity contribution in [3.8, 4) is 0 Å². The molecule has 0 aromatic rings. The second kappa shape index (κ2) is 5.20. The minimum absolute atomic E-state index is 0.188. The van der Waals surface area contributed by atoms with Gasteiger partial charge in [0.25, 0.3) is 0 Å². The number of carbonyl (C=O) groups excluding carboxylic acids is 1. The predicted octanol–water partition coefficient (Wildman–Crippen LogP) is 2.48. The second-order valence-electron chi connectivity index (χ2n) is 7.25. The van der Waals surface area contributed by atoms with E-state index in [1.54, 1.807) is 0 Å². The van der Waals surface area contributed by atoms with Crippen molar-refractivity contribution in [2.75, 3.05) is 0 Å². The zero-order valence-electron chi connectivity index (χ0n) is 11.9. The first-order valence-electron chi connectivity index (χ1n) is 7.34.